The van der Waals surface area contributed by atoms with Gasteiger partial charge in [0.05, 0.1) is 11.7 Å². The fourth-order valence-corrected chi connectivity index (χ4v) is 4.09. The smallest absolute Gasteiger partial charge is 0.264 e. The van der Waals surface area contributed by atoms with Crippen molar-refractivity contribution < 1.29 is 4.79 Å². The van der Waals surface area contributed by atoms with Gasteiger partial charge in [0.2, 0.25) is 5.91 Å². The molecule has 148 valence electrons. The highest BCUT2D eigenvalue weighted by Gasteiger charge is 2.26. The predicted octanol–water partition coefficient (Wildman–Crippen LogP) is 2.55. The van der Waals surface area contributed by atoms with Crippen LogP contribution in [0.1, 0.15) is 53.3 Å². The molecular weight excluding hydrogens is 342 g/mol. The largest absolute Gasteiger partial charge is 0.342 e. The fraction of sp³-hybridized carbons (Fsp3) is 0.700. The van der Waals surface area contributed by atoms with Crippen LogP contribution in [0, 0.1) is 18.8 Å². The lowest BCUT2D eigenvalue weighted by Gasteiger charge is -2.35. The number of fused-ring (bicyclic) bond motifs is 1. The van der Waals surface area contributed by atoms with Gasteiger partial charge in [0.25, 0.3) is 5.56 Å². The molecule has 0 N–H and O–H groups in total. The lowest BCUT2D eigenvalue weighted by Crippen LogP contribution is -2.43. The number of aryl methyl sites for hydroxylation is 1. The van der Waals surface area contributed by atoms with E-state index in [9.17, 15) is 9.59 Å². The predicted molar refractivity (Wildman–Crippen MR) is 106 cm³/mol. The van der Waals surface area contributed by atoms with E-state index < -0.39 is 0 Å². The Kier molecular flexibility index (Phi) is 5.14. The lowest BCUT2D eigenvalue weighted by molar-refractivity contribution is -0.134. The highest BCUT2D eigenvalue weighted by molar-refractivity contribution is 5.76. The van der Waals surface area contributed by atoms with Gasteiger partial charge in [0, 0.05) is 26.1 Å². The number of rotatable bonds is 3. The Balaban J connectivity index is 1.81. The Morgan fingerprint density at radius 2 is 1.85 bits per heavy atom. The molecule has 7 nitrogen and oxygen atoms in total. The number of carbonyl (C=O) groups is 1. The van der Waals surface area contributed by atoms with Crippen molar-refractivity contribution in [2.75, 3.05) is 13.1 Å². The van der Waals surface area contributed by atoms with Crippen LogP contribution in [-0.4, -0.2) is 43.2 Å². The molecule has 7 heteroatoms. The molecule has 1 amide bonds. The summed E-state index contributed by atoms with van der Waals surface area (Å²) < 4.78 is 3.38. The topological polar surface area (TPSA) is 73.0 Å². The Morgan fingerprint density at radius 3 is 2.44 bits per heavy atom. The molecule has 0 aliphatic carbocycles. The number of piperidine rings is 1. The molecule has 1 saturated heterocycles. The molecule has 0 radical (unpaired) electrons. The molecule has 2 aromatic rings. The number of nitrogens with zero attached hydrogens (tertiary/aromatic N) is 5. The Morgan fingerprint density at radius 1 is 1.22 bits per heavy atom. The van der Waals surface area contributed by atoms with Gasteiger partial charge in [-0.15, -0.1) is 0 Å². The monoisotopic (exact) mass is 373 g/mol. The lowest BCUT2D eigenvalue weighted by atomic mass is 9.92. The average Bonchev–Trinajstić information content (AvgIpc) is 2.97. The number of amides is 1. The maximum Gasteiger partial charge on any atom is 0.264 e. The standard InChI is InChI=1S/C20H31N5O2/c1-13-9-14(2)12-23(11-13)17(26)7-8-24-15(3)22-18-16(19(24)27)10-21-25(18)20(4,5)6/h10,13-14H,7-9,11-12H2,1-6H3. The molecule has 2 atom stereocenters. The van der Waals surface area contributed by atoms with Crippen LogP contribution in [0.4, 0.5) is 0 Å². The second-order valence-corrected chi connectivity index (χ2v) is 9.08. The van der Waals surface area contributed by atoms with Crippen molar-refractivity contribution in [3.05, 3.63) is 22.4 Å². The van der Waals surface area contributed by atoms with Gasteiger partial charge in [-0.1, -0.05) is 13.8 Å². The summed E-state index contributed by atoms with van der Waals surface area (Å²) in [6, 6.07) is 0. The minimum Gasteiger partial charge on any atom is -0.342 e. The number of likely N-dealkylation sites (tertiary alicyclic amines) is 1. The number of hydrogen-bond donors (Lipinski definition) is 0. The van der Waals surface area contributed by atoms with Crippen molar-refractivity contribution in [3.63, 3.8) is 0 Å². The summed E-state index contributed by atoms with van der Waals surface area (Å²) in [6.45, 7) is 14.3. The van der Waals surface area contributed by atoms with Gasteiger partial charge >= 0.3 is 0 Å². The molecule has 0 spiro atoms. The summed E-state index contributed by atoms with van der Waals surface area (Å²) >= 11 is 0. The molecule has 27 heavy (non-hydrogen) atoms. The van der Waals surface area contributed by atoms with E-state index in [4.69, 9.17) is 0 Å². The summed E-state index contributed by atoms with van der Waals surface area (Å²) in [7, 11) is 0. The summed E-state index contributed by atoms with van der Waals surface area (Å²) in [5.74, 6) is 1.80. The molecule has 1 aliphatic heterocycles. The van der Waals surface area contributed by atoms with E-state index in [1.54, 1.807) is 15.4 Å². The first-order chi connectivity index (χ1) is 12.6. The third kappa shape index (κ3) is 3.92. The molecule has 0 aromatic carbocycles. The maximum absolute atomic E-state index is 12.9. The van der Waals surface area contributed by atoms with Gasteiger partial charge in [0.15, 0.2) is 5.65 Å². The van der Waals surface area contributed by atoms with Crippen molar-refractivity contribution >= 4 is 16.9 Å². The van der Waals surface area contributed by atoms with E-state index in [2.05, 4.69) is 23.9 Å². The zero-order valence-corrected chi connectivity index (χ0v) is 17.3. The van der Waals surface area contributed by atoms with Crippen LogP contribution in [0.25, 0.3) is 11.0 Å². The molecule has 0 saturated carbocycles. The molecule has 1 aliphatic rings. The van der Waals surface area contributed by atoms with E-state index in [-0.39, 0.29) is 17.0 Å². The van der Waals surface area contributed by atoms with E-state index in [0.717, 1.165) is 13.1 Å². The number of aromatic nitrogens is 4. The summed E-state index contributed by atoms with van der Waals surface area (Å²) in [6.07, 6.45) is 3.07. The Labute approximate surface area is 160 Å². The van der Waals surface area contributed by atoms with Gasteiger partial charge in [-0.2, -0.15) is 5.10 Å². The van der Waals surface area contributed by atoms with Crippen molar-refractivity contribution in [3.8, 4) is 0 Å². The third-order valence-corrected chi connectivity index (χ3v) is 5.28. The zero-order chi connectivity index (χ0) is 19.9. The summed E-state index contributed by atoms with van der Waals surface area (Å²) in [5, 5.41) is 4.86. The minimum atomic E-state index is -0.253. The molecule has 2 aromatic heterocycles. The van der Waals surface area contributed by atoms with Crippen LogP contribution < -0.4 is 5.56 Å². The highest BCUT2D eigenvalue weighted by Crippen LogP contribution is 2.22. The van der Waals surface area contributed by atoms with Crippen LogP contribution in [0.5, 0.6) is 0 Å². The zero-order valence-electron chi connectivity index (χ0n) is 17.3. The van der Waals surface area contributed by atoms with Crippen LogP contribution >= 0.6 is 0 Å². The first kappa shape index (κ1) is 19.6. The van der Waals surface area contributed by atoms with Gasteiger partial charge in [0.1, 0.15) is 11.2 Å². The maximum atomic E-state index is 12.9. The van der Waals surface area contributed by atoms with Crippen molar-refractivity contribution in [2.45, 2.75) is 66.5 Å². The third-order valence-electron chi connectivity index (χ3n) is 5.28. The molecule has 0 bridgehead atoms. The second kappa shape index (κ2) is 7.09. The van der Waals surface area contributed by atoms with Gasteiger partial charge in [-0.05, 0) is 46.0 Å². The summed E-state index contributed by atoms with van der Waals surface area (Å²) in [5.41, 5.74) is 0.227. The van der Waals surface area contributed by atoms with Crippen LogP contribution in [0.3, 0.4) is 0 Å². The normalized spacial score (nSPS) is 21.0. The molecular formula is C20H31N5O2. The van der Waals surface area contributed by atoms with Gasteiger partial charge in [-0.25, -0.2) is 9.67 Å². The van der Waals surface area contributed by atoms with Gasteiger partial charge < -0.3 is 4.90 Å². The molecule has 1 fully saturated rings. The first-order valence-electron chi connectivity index (χ1n) is 9.81. The van der Waals surface area contributed by atoms with Crippen molar-refractivity contribution in [1.29, 1.82) is 0 Å². The van der Waals surface area contributed by atoms with E-state index in [0.29, 0.717) is 41.7 Å². The van der Waals surface area contributed by atoms with Gasteiger partial charge in [-0.3, -0.25) is 14.2 Å². The number of carbonyl (C=O) groups excluding carboxylic acids is 1. The van der Waals surface area contributed by atoms with Crippen LogP contribution in [0.15, 0.2) is 11.0 Å². The number of hydrogen-bond acceptors (Lipinski definition) is 4. The highest BCUT2D eigenvalue weighted by atomic mass is 16.2. The van der Waals surface area contributed by atoms with Crippen molar-refractivity contribution in [2.24, 2.45) is 11.8 Å². The van der Waals surface area contributed by atoms with E-state index in [1.807, 2.05) is 32.6 Å². The van der Waals surface area contributed by atoms with Crippen LogP contribution in [-0.2, 0) is 16.9 Å². The van der Waals surface area contributed by atoms with Crippen LogP contribution in [0.2, 0.25) is 0 Å². The fourth-order valence-electron chi connectivity index (χ4n) is 4.09. The molecule has 2 unspecified atom stereocenters. The Bertz CT molecular complexity index is 895. The van der Waals surface area contributed by atoms with E-state index >= 15 is 0 Å². The van der Waals surface area contributed by atoms with E-state index in [1.165, 1.54) is 6.42 Å². The molecule has 3 rings (SSSR count). The minimum absolute atomic E-state index is 0.116. The average molecular weight is 374 g/mol. The van der Waals surface area contributed by atoms with Crippen molar-refractivity contribution in [1.82, 2.24) is 24.2 Å². The quantitative estimate of drug-likeness (QED) is 0.829. The SMILES string of the molecule is Cc1nc2c(cnn2C(C)(C)C)c(=O)n1CCC(=O)N1CC(C)CC(C)C1. The second-order valence-electron chi connectivity index (χ2n) is 9.08. The Hall–Kier alpha value is -2.18. The summed E-state index contributed by atoms with van der Waals surface area (Å²) in [4.78, 5) is 32.1. The molecule has 3 heterocycles. The first-order valence-corrected chi connectivity index (χ1v) is 9.81.